The first-order valence-electron chi connectivity index (χ1n) is 8.32. The Balaban J connectivity index is 2.24. The molecule has 4 nitrogen and oxygen atoms in total. The van der Waals surface area contributed by atoms with Crippen LogP contribution in [0.15, 0.2) is 42.5 Å². The van der Waals surface area contributed by atoms with Crippen LogP contribution in [0.1, 0.15) is 23.6 Å². The Bertz CT molecular complexity index is 791. The Kier molecular flexibility index (Phi) is 7.06. The molecule has 138 valence electrons. The Morgan fingerprint density at radius 3 is 2.23 bits per heavy atom. The molecule has 0 aliphatic heterocycles. The van der Waals surface area contributed by atoms with Gasteiger partial charge in [0.25, 0.3) is 0 Å². The lowest BCUT2D eigenvalue weighted by Crippen LogP contribution is -2.47. The zero-order valence-electron chi connectivity index (χ0n) is 15.1. The number of nitrogens with one attached hydrogen (secondary N) is 1. The quantitative estimate of drug-likeness (QED) is 0.806. The van der Waals surface area contributed by atoms with E-state index in [-0.39, 0.29) is 24.8 Å². The van der Waals surface area contributed by atoms with Gasteiger partial charge in [-0.2, -0.15) is 0 Å². The van der Waals surface area contributed by atoms with E-state index < -0.39 is 6.04 Å². The minimum atomic E-state index is -0.604. The molecule has 2 aromatic carbocycles. The second kappa shape index (κ2) is 9.06. The van der Waals surface area contributed by atoms with Gasteiger partial charge in [-0.15, -0.1) is 0 Å². The van der Waals surface area contributed by atoms with Crippen LogP contribution in [0.2, 0.25) is 10.0 Å². The predicted octanol–water partition coefficient (Wildman–Crippen LogP) is 4.01. The molecule has 26 heavy (non-hydrogen) atoms. The average molecular weight is 393 g/mol. The fourth-order valence-corrected chi connectivity index (χ4v) is 2.93. The largest absolute Gasteiger partial charge is 0.357 e. The zero-order chi connectivity index (χ0) is 19.3. The smallest absolute Gasteiger partial charge is 0.242 e. The Labute approximate surface area is 164 Å². The molecular weight excluding hydrogens is 371 g/mol. The van der Waals surface area contributed by atoms with Gasteiger partial charge in [0.1, 0.15) is 6.04 Å². The maximum Gasteiger partial charge on any atom is 0.242 e. The highest BCUT2D eigenvalue weighted by Gasteiger charge is 2.25. The average Bonchev–Trinajstić information content (AvgIpc) is 2.63. The molecule has 0 bridgehead atoms. The number of aryl methyl sites for hydroxylation is 1. The van der Waals surface area contributed by atoms with Crippen molar-refractivity contribution in [3.05, 3.63) is 69.2 Å². The topological polar surface area (TPSA) is 49.4 Å². The summed E-state index contributed by atoms with van der Waals surface area (Å²) in [5.41, 5.74) is 2.85. The third-order valence-electron chi connectivity index (χ3n) is 4.23. The van der Waals surface area contributed by atoms with E-state index in [4.69, 9.17) is 23.2 Å². The van der Waals surface area contributed by atoms with Crippen molar-refractivity contribution in [3.63, 3.8) is 0 Å². The number of hydrogen-bond acceptors (Lipinski definition) is 2. The Morgan fingerprint density at radius 2 is 1.65 bits per heavy atom. The summed E-state index contributed by atoms with van der Waals surface area (Å²) < 4.78 is 0. The van der Waals surface area contributed by atoms with Crippen LogP contribution in [0.4, 0.5) is 0 Å². The third kappa shape index (κ3) is 5.23. The highest BCUT2D eigenvalue weighted by molar-refractivity contribution is 6.42. The van der Waals surface area contributed by atoms with Gasteiger partial charge in [0.2, 0.25) is 11.8 Å². The van der Waals surface area contributed by atoms with Crippen molar-refractivity contribution in [2.45, 2.75) is 32.9 Å². The molecule has 2 rings (SSSR count). The monoisotopic (exact) mass is 392 g/mol. The third-order valence-corrected chi connectivity index (χ3v) is 4.97. The first-order chi connectivity index (χ1) is 12.3. The van der Waals surface area contributed by atoms with Crippen molar-refractivity contribution >= 4 is 35.0 Å². The number of nitrogens with zero attached hydrogens (tertiary/aromatic N) is 1. The highest BCUT2D eigenvalue weighted by Crippen LogP contribution is 2.24. The van der Waals surface area contributed by atoms with Gasteiger partial charge in [-0.1, -0.05) is 59.1 Å². The van der Waals surface area contributed by atoms with E-state index in [2.05, 4.69) is 5.32 Å². The molecule has 2 amide bonds. The lowest BCUT2D eigenvalue weighted by atomic mass is 10.1. The van der Waals surface area contributed by atoms with Crippen molar-refractivity contribution in [3.8, 4) is 0 Å². The fourth-order valence-electron chi connectivity index (χ4n) is 2.61. The molecule has 0 heterocycles. The van der Waals surface area contributed by atoms with E-state index in [0.717, 1.165) is 16.7 Å². The second-order valence-corrected chi connectivity index (χ2v) is 7.04. The number of halogens is 2. The van der Waals surface area contributed by atoms with Gasteiger partial charge in [0.15, 0.2) is 0 Å². The molecule has 2 aromatic rings. The van der Waals surface area contributed by atoms with Gasteiger partial charge >= 0.3 is 0 Å². The molecule has 0 fully saturated rings. The van der Waals surface area contributed by atoms with Gasteiger partial charge in [-0.05, 0) is 37.1 Å². The van der Waals surface area contributed by atoms with Gasteiger partial charge in [0.05, 0.1) is 16.5 Å². The van der Waals surface area contributed by atoms with E-state index in [9.17, 15) is 9.59 Å². The van der Waals surface area contributed by atoms with E-state index >= 15 is 0 Å². The molecule has 0 radical (unpaired) electrons. The number of benzene rings is 2. The summed E-state index contributed by atoms with van der Waals surface area (Å²) in [6.45, 7) is 3.98. The van der Waals surface area contributed by atoms with Crippen molar-refractivity contribution in [2.24, 2.45) is 0 Å². The molecule has 0 spiro atoms. The van der Waals surface area contributed by atoms with Crippen molar-refractivity contribution in [2.75, 3.05) is 7.05 Å². The number of carbonyl (C=O) groups excluding carboxylic acids is 2. The van der Waals surface area contributed by atoms with Crippen LogP contribution in [0.5, 0.6) is 0 Å². The standard InChI is InChI=1S/C20H22Cl2N2O2/c1-13-4-6-15(7-5-13)11-19(25)24(14(2)20(26)23-3)12-16-8-9-17(21)18(22)10-16/h4-10,14H,11-12H2,1-3H3,(H,23,26). The summed E-state index contributed by atoms with van der Waals surface area (Å²) in [7, 11) is 1.56. The zero-order valence-corrected chi connectivity index (χ0v) is 16.6. The number of amides is 2. The number of carbonyl (C=O) groups is 2. The Morgan fingerprint density at radius 1 is 1.04 bits per heavy atom. The minimum Gasteiger partial charge on any atom is -0.357 e. The lowest BCUT2D eigenvalue weighted by molar-refractivity contribution is -0.139. The fraction of sp³-hybridized carbons (Fsp3) is 0.300. The molecular formula is C20H22Cl2N2O2. The van der Waals surface area contributed by atoms with Crippen LogP contribution < -0.4 is 5.32 Å². The summed E-state index contributed by atoms with van der Waals surface area (Å²) in [5, 5.41) is 3.47. The maximum atomic E-state index is 12.9. The summed E-state index contributed by atoms with van der Waals surface area (Å²) in [6.07, 6.45) is 0.225. The second-order valence-electron chi connectivity index (χ2n) is 6.22. The SMILES string of the molecule is CNC(=O)C(C)N(Cc1ccc(Cl)c(Cl)c1)C(=O)Cc1ccc(C)cc1. The van der Waals surface area contributed by atoms with Crippen molar-refractivity contribution in [1.29, 1.82) is 0 Å². The summed E-state index contributed by atoms with van der Waals surface area (Å²) in [4.78, 5) is 26.6. The molecule has 1 N–H and O–H groups in total. The molecule has 6 heteroatoms. The van der Waals surface area contributed by atoms with Gasteiger partial charge in [-0.25, -0.2) is 0 Å². The normalized spacial score (nSPS) is 11.7. The maximum absolute atomic E-state index is 12.9. The van der Waals surface area contributed by atoms with Crippen LogP contribution >= 0.6 is 23.2 Å². The van der Waals surface area contributed by atoms with E-state index in [1.165, 1.54) is 0 Å². The number of hydrogen-bond donors (Lipinski definition) is 1. The molecule has 0 aromatic heterocycles. The molecule has 0 aliphatic carbocycles. The van der Waals surface area contributed by atoms with Crippen LogP contribution in [0, 0.1) is 6.92 Å². The Hall–Kier alpha value is -2.04. The number of likely N-dealkylation sites (N-methyl/N-ethyl adjacent to an activating group) is 1. The summed E-state index contributed by atoms with van der Waals surface area (Å²) >= 11 is 12.0. The van der Waals surface area contributed by atoms with Crippen molar-refractivity contribution in [1.82, 2.24) is 10.2 Å². The summed E-state index contributed by atoms with van der Waals surface area (Å²) in [5.74, 6) is -0.349. The van der Waals surface area contributed by atoms with E-state index in [1.807, 2.05) is 31.2 Å². The molecule has 0 saturated carbocycles. The van der Waals surface area contributed by atoms with E-state index in [1.54, 1.807) is 37.1 Å². The van der Waals surface area contributed by atoms with E-state index in [0.29, 0.717) is 10.0 Å². The van der Waals surface area contributed by atoms with Crippen LogP contribution in [-0.2, 0) is 22.6 Å². The summed E-state index contributed by atoms with van der Waals surface area (Å²) in [6, 6.07) is 12.4. The molecule has 1 atom stereocenters. The predicted molar refractivity (Wildman–Crippen MR) is 105 cm³/mol. The van der Waals surface area contributed by atoms with Gasteiger partial charge in [0, 0.05) is 13.6 Å². The van der Waals surface area contributed by atoms with Gasteiger partial charge in [-0.3, -0.25) is 9.59 Å². The first kappa shape index (κ1) is 20.3. The highest BCUT2D eigenvalue weighted by atomic mass is 35.5. The van der Waals surface area contributed by atoms with Crippen LogP contribution in [-0.4, -0.2) is 29.8 Å². The molecule has 1 unspecified atom stereocenters. The van der Waals surface area contributed by atoms with Crippen LogP contribution in [0.25, 0.3) is 0 Å². The first-order valence-corrected chi connectivity index (χ1v) is 9.08. The lowest BCUT2D eigenvalue weighted by Gasteiger charge is -2.28. The molecule has 0 saturated heterocycles. The number of rotatable bonds is 6. The van der Waals surface area contributed by atoms with Crippen molar-refractivity contribution < 1.29 is 9.59 Å². The van der Waals surface area contributed by atoms with Crippen LogP contribution in [0.3, 0.4) is 0 Å². The van der Waals surface area contributed by atoms with Gasteiger partial charge < -0.3 is 10.2 Å². The molecule has 0 aliphatic rings. The minimum absolute atomic E-state index is 0.129.